The summed E-state index contributed by atoms with van der Waals surface area (Å²) in [6.07, 6.45) is 0.0762. The smallest absolute Gasteiger partial charge is 0.337 e. The molecule has 0 unspecified atom stereocenters. The fraction of sp³-hybridized carbons (Fsp3) is 0.118. The predicted octanol–water partition coefficient (Wildman–Crippen LogP) is 2.99. The molecule has 0 aliphatic rings. The molecule has 0 fully saturated rings. The largest absolute Gasteiger partial charge is 0.478 e. The molecule has 0 atom stereocenters. The highest BCUT2D eigenvalue weighted by molar-refractivity contribution is 6.03. The number of carboxylic acids is 1. The van der Waals surface area contributed by atoms with Gasteiger partial charge in [0.05, 0.1) is 11.3 Å². The second kappa shape index (κ2) is 7.17. The number of nitrogens with one attached hydrogen (secondary N) is 1. The lowest BCUT2D eigenvalue weighted by atomic mass is 10.1. The quantitative estimate of drug-likeness (QED) is 0.803. The first-order chi connectivity index (χ1) is 10.6. The monoisotopic (exact) mass is 297 g/mol. The summed E-state index contributed by atoms with van der Waals surface area (Å²) in [5.41, 5.74) is 0.804. The van der Waals surface area contributed by atoms with E-state index in [9.17, 15) is 14.4 Å². The van der Waals surface area contributed by atoms with Crippen LogP contribution in [0.15, 0.2) is 54.6 Å². The van der Waals surface area contributed by atoms with Crippen LogP contribution in [0, 0.1) is 0 Å². The second-order valence-electron chi connectivity index (χ2n) is 4.69. The maximum absolute atomic E-state index is 11.9. The molecule has 0 spiro atoms. The van der Waals surface area contributed by atoms with Crippen LogP contribution >= 0.6 is 0 Å². The third-order valence-electron chi connectivity index (χ3n) is 3.11. The number of aromatic carboxylic acids is 1. The zero-order valence-corrected chi connectivity index (χ0v) is 11.8. The van der Waals surface area contributed by atoms with Crippen LogP contribution in [0.5, 0.6) is 0 Å². The molecule has 0 saturated carbocycles. The average molecular weight is 297 g/mol. The Hall–Kier alpha value is -2.95. The minimum atomic E-state index is -1.11. The van der Waals surface area contributed by atoms with E-state index in [0.717, 1.165) is 0 Å². The standard InChI is InChI=1S/C17H15NO4/c19-15(12-6-2-1-3-7-12)10-11-16(20)18-14-9-5-4-8-13(14)17(21)22/h1-9H,10-11H2,(H,18,20)(H,21,22). The fourth-order valence-electron chi connectivity index (χ4n) is 1.99. The van der Waals surface area contributed by atoms with E-state index in [-0.39, 0.29) is 29.9 Å². The van der Waals surface area contributed by atoms with Crippen molar-refractivity contribution in [2.75, 3.05) is 5.32 Å². The minimum absolute atomic E-state index is 0.00167. The van der Waals surface area contributed by atoms with Gasteiger partial charge in [-0.25, -0.2) is 4.79 Å². The van der Waals surface area contributed by atoms with Crippen molar-refractivity contribution in [2.24, 2.45) is 0 Å². The summed E-state index contributed by atoms with van der Waals surface area (Å²) in [6.45, 7) is 0. The van der Waals surface area contributed by atoms with Crippen molar-refractivity contribution in [1.29, 1.82) is 0 Å². The zero-order chi connectivity index (χ0) is 15.9. The van der Waals surface area contributed by atoms with Gasteiger partial charge in [-0.2, -0.15) is 0 Å². The highest BCUT2D eigenvalue weighted by Crippen LogP contribution is 2.15. The molecule has 2 N–H and O–H groups in total. The summed E-state index contributed by atoms with van der Waals surface area (Å²) in [7, 11) is 0. The number of hydrogen-bond acceptors (Lipinski definition) is 3. The molecule has 2 aromatic carbocycles. The first-order valence-corrected chi connectivity index (χ1v) is 6.78. The summed E-state index contributed by atoms with van der Waals surface area (Å²) in [6, 6.07) is 14.9. The molecule has 22 heavy (non-hydrogen) atoms. The number of carboxylic acid groups (broad SMARTS) is 1. The van der Waals surface area contributed by atoms with E-state index < -0.39 is 11.9 Å². The van der Waals surface area contributed by atoms with Crippen LogP contribution in [-0.2, 0) is 4.79 Å². The Labute approximate surface area is 127 Å². The topological polar surface area (TPSA) is 83.5 Å². The van der Waals surface area contributed by atoms with Crippen molar-refractivity contribution < 1.29 is 19.5 Å². The third-order valence-corrected chi connectivity index (χ3v) is 3.11. The SMILES string of the molecule is O=C(CCC(=O)c1ccccc1)Nc1ccccc1C(=O)O. The number of para-hydroxylation sites is 1. The lowest BCUT2D eigenvalue weighted by Gasteiger charge is -2.08. The van der Waals surface area contributed by atoms with Crippen LogP contribution in [0.25, 0.3) is 0 Å². The predicted molar refractivity (Wildman–Crippen MR) is 82.0 cm³/mol. The molecule has 112 valence electrons. The van der Waals surface area contributed by atoms with Crippen LogP contribution in [0.4, 0.5) is 5.69 Å². The van der Waals surface area contributed by atoms with Crippen molar-refractivity contribution in [3.8, 4) is 0 Å². The zero-order valence-electron chi connectivity index (χ0n) is 11.8. The number of benzene rings is 2. The Morgan fingerprint density at radius 2 is 1.50 bits per heavy atom. The number of ketones is 1. The summed E-state index contributed by atoms with van der Waals surface area (Å²) in [5, 5.41) is 11.6. The normalized spacial score (nSPS) is 10.0. The van der Waals surface area contributed by atoms with Gasteiger partial charge in [-0.1, -0.05) is 42.5 Å². The Morgan fingerprint density at radius 3 is 2.18 bits per heavy atom. The van der Waals surface area contributed by atoms with E-state index in [4.69, 9.17) is 5.11 Å². The molecular weight excluding hydrogens is 282 g/mol. The van der Waals surface area contributed by atoms with Gasteiger partial charge in [0.1, 0.15) is 0 Å². The summed E-state index contributed by atoms with van der Waals surface area (Å²) in [4.78, 5) is 34.8. The first kappa shape index (κ1) is 15.4. The van der Waals surface area contributed by atoms with Gasteiger partial charge < -0.3 is 10.4 Å². The van der Waals surface area contributed by atoms with Gasteiger partial charge in [0, 0.05) is 18.4 Å². The number of carbonyl (C=O) groups excluding carboxylic acids is 2. The van der Waals surface area contributed by atoms with Crippen molar-refractivity contribution >= 4 is 23.3 Å². The number of amides is 1. The first-order valence-electron chi connectivity index (χ1n) is 6.78. The Balaban J connectivity index is 1.94. The number of anilines is 1. The van der Waals surface area contributed by atoms with Gasteiger partial charge in [-0.15, -0.1) is 0 Å². The van der Waals surface area contributed by atoms with E-state index in [1.54, 1.807) is 36.4 Å². The molecular formula is C17H15NO4. The molecule has 5 nitrogen and oxygen atoms in total. The Morgan fingerprint density at radius 1 is 0.864 bits per heavy atom. The summed E-state index contributed by atoms with van der Waals surface area (Å²) < 4.78 is 0. The van der Waals surface area contributed by atoms with Gasteiger partial charge in [-0.3, -0.25) is 9.59 Å². The number of hydrogen-bond donors (Lipinski definition) is 2. The molecule has 0 saturated heterocycles. The molecule has 2 aromatic rings. The number of Topliss-reactive ketones (excluding diaryl/α,β-unsaturated/α-hetero) is 1. The molecule has 0 radical (unpaired) electrons. The molecule has 0 aromatic heterocycles. The molecule has 0 heterocycles. The Kier molecular flexibility index (Phi) is 5.03. The van der Waals surface area contributed by atoms with Crippen LogP contribution in [-0.4, -0.2) is 22.8 Å². The lowest BCUT2D eigenvalue weighted by molar-refractivity contribution is -0.116. The maximum Gasteiger partial charge on any atom is 0.337 e. The fourth-order valence-corrected chi connectivity index (χ4v) is 1.99. The molecule has 0 bridgehead atoms. The van der Waals surface area contributed by atoms with E-state index in [2.05, 4.69) is 5.32 Å². The minimum Gasteiger partial charge on any atom is -0.478 e. The molecule has 2 rings (SSSR count). The third kappa shape index (κ3) is 4.02. The van der Waals surface area contributed by atoms with Crippen molar-refractivity contribution in [2.45, 2.75) is 12.8 Å². The van der Waals surface area contributed by atoms with Crippen LogP contribution < -0.4 is 5.32 Å². The van der Waals surface area contributed by atoms with Gasteiger partial charge >= 0.3 is 5.97 Å². The van der Waals surface area contributed by atoms with Gasteiger partial charge in [0.15, 0.2) is 5.78 Å². The summed E-state index contributed by atoms with van der Waals surface area (Å²) in [5.74, 6) is -1.63. The van der Waals surface area contributed by atoms with Crippen molar-refractivity contribution in [1.82, 2.24) is 0 Å². The molecule has 0 aliphatic carbocycles. The molecule has 1 amide bonds. The van der Waals surface area contributed by atoms with Crippen LogP contribution in [0.1, 0.15) is 33.6 Å². The van der Waals surface area contributed by atoms with Gasteiger partial charge in [-0.05, 0) is 12.1 Å². The van der Waals surface area contributed by atoms with Crippen LogP contribution in [0.2, 0.25) is 0 Å². The highest BCUT2D eigenvalue weighted by atomic mass is 16.4. The molecule has 0 aliphatic heterocycles. The molecule has 5 heteroatoms. The van der Waals surface area contributed by atoms with E-state index in [1.165, 1.54) is 12.1 Å². The maximum atomic E-state index is 11.9. The summed E-state index contributed by atoms with van der Waals surface area (Å²) >= 11 is 0. The van der Waals surface area contributed by atoms with Crippen molar-refractivity contribution in [3.63, 3.8) is 0 Å². The highest BCUT2D eigenvalue weighted by Gasteiger charge is 2.13. The Bertz CT molecular complexity index is 695. The van der Waals surface area contributed by atoms with Gasteiger partial charge in [0.25, 0.3) is 0 Å². The number of carbonyl (C=O) groups is 3. The van der Waals surface area contributed by atoms with Crippen LogP contribution in [0.3, 0.4) is 0 Å². The van der Waals surface area contributed by atoms with E-state index >= 15 is 0 Å². The lowest BCUT2D eigenvalue weighted by Crippen LogP contribution is -2.15. The number of rotatable bonds is 6. The average Bonchev–Trinajstić information content (AvgIpc) is 2.53. The van der Waals surface area contributed by atoms with Crippen molar-refractivity contribution in [3.05, 3.63) is 65.7 Å². The van der Waals surface area contributed by atoms with Gasteiger partial charge in [0.2, 0.25) is 5.91 Å². The van der Waals surface area contributed by atoms with E-state index in [0.29, 0.717) is 5.56 Å². The van der Waals surface area contributed by atoms with E-state index in [1.807, 2.05) is 6.07 Å². The second-order valence-corrected chi connectivity index (χ2v) is 4.69.